The van der Waals surface area contributed by atoms with Crippen LogP contribution in [0.15, 0.2) is 30.6 Å². The maximum atomic E-state index is 9.34. The summed E-state index contributed by atoms with van der Waals surface area (Å²) >= 11 is 0. The van der Waals surface area contributed by atoms with Gasteiger partial charge < -0.3 is 14.3 Å². The number of aromatic amines is 1. The van der Waals surface area contributed by atoms with Gasteiger partial charge in [-0.15, -0.1) is 10.2 Å². The molecule has 8 heteroatoms. The Bertz CT molecular complexity index is 1060. The van der Waals surface area contributed by atoms with Crippen LogP contribution in [0, 0.1) is 18.3 Å². The number of nitrogens with zero attached hydrogens (tertiary/aromatic N) is 6. The van der Waals surface area contributed by atoms with Gasteiger partial charge in [0.2, 0.25) is 0 Å². The number of aromatic nitrogens is 5. The highest BCUT2D eigenvalue weighted by atomic mass is 16.5. The minimum atomic E-state index is -0.254. The van der Waals surface area contributed by atoms with E-state index in [1.54, 1.807) is 6.33 Å². The first-order chi connectivity index (χ1) is 13.7. The Kier molecular flexibility index (Phi) is 4.00. The molecule has 1 fully saturated rings. The highest BCUT2D eigenvalue weighted by molar-refractivity contribution is 5.52. The van der Waals surface area contributed by atoms with Gasteiger partial charge in [0.15, 0.2) is 11.6 Å². The molecular formula is C20H21N7O. The molecule has 1 spiro atoms. The van der Waals surface area contributed by atoms with Crippen LogP contribution < -0.4 is 0 Å². The van der Waals surface area contributed by atoms with E-state index in [1.807, 2.05) is 31.2 Å². The van der Waals surface area contributed by atoms with Crippen molar-refractivity contribution in [3.63, 3.8) is 0 Å². The molecule has 1 atom stereocenters. The number of fused-ring (bicyclic) bond motifs is 1. The van der Waals surface area contributed by atoms with Gasteiger partial charge in [-0.3, -0.25) is 4.90 Å². The second-order valence-corrected chi connectivity index (χ2v) is 7.60. The molecule has 1 aromatic carbocycles. The molecule has 28 heavy (non-hydrogen) atoms. The van der Waals surface area contributed by atoms with Crippen molar-refractivity contribution in [3.05, 3.63) is 53.2 Å². The molecule has 2 aromatic heterocycles. The molecule has 0 bridgehead atoms. The SMILES string of the molecule is Cc1[nH]cnc1-c1nnc2n1CC1(CCN(Cc3ccccc3C#N)C1)OC2. The van der Waals surface area contributed by atoms with Crippen molar-refractivity contribution in [1.82, 2.24) is 29.6 Å². The molecule has 1 N–H and O–H groups in total. The summed E-state index contributed by atoms with van der Waals surface area (Å²) in [4.78, 5) is 9.89. The van der Waals surface area contributed by atoms with E-state index >= 15 is 0 Å². The fourth-order valence-corrected chi connectivity index (χ4v) is 4.24. The van der Waals surface area contributed by atoms with Crippen LogP contribution in [0.25, 0.3) is 11.5 Å². The number of hydrogen-bond donors (Lipinski definition) is 1. The van der Waals surface area contributed by atoms with Crippen LogP contribution >= 0.6 is 0 Å². The average molecular weight is 375 g/mol. The van der Waals surface area contributed by atoms with E-state index in [9.17, 15) is 5.26 Å². The van der Waals surface area contributed by atoms with Crippen molar-refractivity contribution >= 4 is 0 Å². The summed E-state index contributed by atoms with van der Waals surface area (Å²) in [5, 5.41) is 18.0. The average Bonchev–Trinajstić information content (AvgIpc) is 3.41. The predicted molar refractivity (Wildman–Crippen MR) is 101 cm³/mol. The van der Waals surface area contributed by atoms with Gasteiger partial charge in [0, 0.05) is 25.3 Å². The molecule has 8 nitrogen and oxygen atoms in total. The standard InChI is InChI=1S/C20H21N7O/c1-14-18(23-13-22-14)19-25-24-17-10-28-20(12-27(17)19)6-7-26(11-20)9-16-5-3-2-4-15(16)8-21/h2-5,13H,6-7,9-12H2,1H3,(H,22,23). The predicted octanol–water partition coefficient (Wildman–Crippen LogP) is 2.02. The van der Waals surface area contributed by atoms with Gasteiger partial charge in [-0.2, -0.15) is 5.26 Å². The number of nitriles is 1. The Morgan fingerprint density at radius 2 is 2.18 bits per heavy atom. The molecule has 0 saturated carbocycles. The van der Waals surface area contributed by atoms with Gasteiger partial charge in [0.1, 0.15) is 17.9 Å². The molecule has 142 valence electrons. The summed E-state index contributed by atoms with van der Waals surface area (Å²) in [7, 11) is 0. The largest absolute Gasteiger partial charge is 0.364 e. The van der Waals surface area contributed by atoms with Crippen LogP contribution in [0.4, 0.5) is 0 Å². The second kappa shape index (κ2) is 6.55. The van der Waals surface area contributed by atoms with Crippen molar-refractivity contribution in [2.24, 2.45) is 0 Å². The minimum Gasteiger partial charge on any atom is -0.364 e. The van der Waals surface area contributed by atoms with Crippen molar-refractivity contribution in [3.8, 4) is 17.6 Å². The number of hydrogen-bond acceptors (Lipinski definition) is 6. The monoisotopic (exact) mass is 375 g/mol. The number of H-pyrrole nitrogens is 1. The van der Waals surface area contributed by atoms with Crippen molar-refractivity contribution in [2.75, 3.05) is 13.1 Å². The zero-order valence-corrected chi connectivity index (χ0v) is 15.7. The molecule has 4 heterocycles. The Labute approximate surface area is 162 Å². The van der Waals surface area contributed by atoms with Gasteiger partial charge in [-0.25, -0.2) is 4.98 Å². The lowest BCUT2D eigenvalue weighted by molar-refractivity contribution is -0.0821. The molecule has 1 unspecified atom stereocenters. The van der Waals surface area contributed by atoms with Gasteiger partial charge in [0.05, 0.1) is 24.5 Å². The zero-order valence-electron chi connectivity index (χ0n) is 15.7. The van der Waals surface area contributed by atoms with Crippen LogP contribution in [0.5, 0.6) is 0 Å². The first kappa shape index (κ1) is 17.1. The van der Waals surface area contributed by atoms with Crippen LogP contribution in [-0.2, 0) is 24.4 Å². The molecule has 5 rings (SSSR count). The van der Waals surface area contributed by atoms with Gasteiger partial charge in [0.25, 0.3) is 0 Å². The molecule has 2 aliphatic rings. The Balaban J connectivity index is 1.37. The van der Waals surface area contributed by atoms with Crippen LogP contribution in [-0.4, -0.2) is 48.3 Å². The lowest BCUT2D eigenvalue weighted by atomic mass is 10.0. The van der Waals surface area contributed by atoms with Gasteiger partial charge in [-0.05, 0) is 25.0 Å². The summed E-state index contributed by atoms with van der Waals surface area (Å²) in [6.07, 6.45) is 2.63. The minimum absolute atomic E-state index is 0.254. The van der Waals surface area contributed by atoms with Gasteiger partial charge in [-0.1, -0.05) is 18.2 Å². The molecule has 2 aliphatic heterocycles. The number of rotatable bonds is 3. The molecule has 3 aromatic rings. The lowest BCUT2D eigenvalue weighted by Crippen LogP contribution is -2.44. The molecular weight excluding hydrogens is 354 g/mol. The third-order valence-electron chi connectivity index (χ3n) is 5.75. The lowest BCUT2D eigenvalue weighted by Gasteiger charge is -2.34. The smallest absolute Gasteiger partial charge is 0.184 e. The molecule has 0 aliphatic carbocycles. The highest BCUT2D eigenvalue weighted by Gasteiger charge is 2.43. The summed E-state index contributed by atoms with van der Waals surface area (Å²) in [6.45, 7) is 5.68. The summed E-state index contributed by atoms with van der Waals surface area (Å²) in [6, 6.07) is 10.1. The van der Waals surface area contributed by atoms with Crippen molar-refractivity contribution in [2.45, 2.75) is 38.6 Å². The van der Waals surface area contributed by atoms with E-state index < -0.39 is 0 Å². The zero-order chi connectivity index (χ0) is 19.1. The second-order valence-electron chi connectivity index (χ2n) is 7.60. The third-order valence-corrected chi connectivity index (χ3v) is 5.75. The van der Waals surface area contributed by atoms with Crippen LogP contribution in [0.1, 0.15) is 29.1 Å². The van der Waals surface area contributed by atoms with E-state index in [1.165, 1.54) is 0 Å². The summed E-state index contributed by atoms with van der Waals surface area (Å²) < 4.78 is 8.43. The number of imidazole rings is 1. The fourth-order valence-electron chi connectivity index (χ4n) is 4.24. The quantitative estimate of drug-likeness (QED) is 0.752. The van der Waals surface area contributed by atoms with Crippen LogP contribution in [0.2, 0.25) is 0 Å². The van der Waals surface area contributed by atoms with E-state index in [2.05, 4.69) is 35.7 Å². The molecule has 1 saturated heterocycles. The Morgan fingerprint density at radius 1 is 1.29 bits per heavy atom. The number of aryl methyl sites for hydroxylation is 1. The summed E-state index contributed by atoms with van der Waals surface area (Å²) in [5.41, 5.74) is 3.38. The summed E-state index contributed by atoms with van der Waals surface area (Å²) in [5.74, 6) is 1.64. The third kappa shape index (κ3) is 2.80. The number of benzene rings is 1. The van der Waals surface area contributed by atoms with E-state index in [-0.39, 0.29) is 5.60 Å². The van der Waals surface area contributed by atoms with E-state index in [0.717, 1.165) is 60.2 Å². The van der Waals surface area contributed by atoms with Crippen LogP contribution in [0.3, 0.4) is 0 Å². The number of ether oxygens (including phenoxy) is 1. The highest BCUT2D eigenvalue weighted by Crippen LogP contribution is 2.35. The van der Waals surface area contributed by atoms with E-state index in [4.69, 9.17) is 4.74 Å². The van der Waals surface area contributed by atoms with Crippen molar-refractivity contribution in [1.29, 1.82) is 5.26 Å². The molecule has 0 radical (unpaired) electrons. The first-order valence-electron chi connectivity index (χ1n) is 9.44. The topological polar surface area (TPSA) is 95.7 Å². The first-order valence-corrected chi connectivity index (χ1v) is 9.44. The Morgan fingerprint density at radius 3 is 3.00 bits per heavy atom. The molecule has 0 amide bonds. The Hall–Kier alpha value is -3.02. The number of likely N-dealkylation sites (tertiary alicyclic amines) is 1. The number of nitrogens with one attached hydrogen (secondary N) is 1. The maximum absolute atomic E-state index is 9.34. The maximum Gasteiger partial charge on any atom is 0.184 e. The van der Waals surface area contributed by atoms with Gasteiger partial charge >= 0.3 is 0 Å². The van der Waals surface area contributed by atoms with Crippen molar-refractivity contribution < 1.29 is 4.74 Å². The van der Waals surface area contributed by atoms with E-state index in [0.29, 0.717) is 13.2 Å². The normalized spacial score (nSPS) is 21.7. The fraction of sp³-hybridized carbons (Fsp3) is 0.400.